The van der Waals surface area contributed by atoms with Gasteiger partial charge in [-0.15, -0.1) is 0 Å². The van der Waals surface area contributed by atoms with Gasteiger partial charge in [-0.1, -0.05) is 23.7 Å². The second-order valence-corrected chi connectivity index (χ2v) is 11.5. The number of halogens is 1. The van der Waals surface area contributed by atoms with Crippen molar-refractivity contribution in [3.05, 3.63) is 63.2 Å². The maximum absolute atomic E-state index is 12.9. The minimum absolute atomic E-state index is 0.155. The highest BCUT2D eigenvalue weighted by Crippen LogP contribution is 2.30. The number of likely N-dealkylation sites (N-methyl/N-ethyl adjacent to an activating group) is 1. The zero-order valence-electron chi connectivity index (χ0n) is 19.5. The average molecular weight is 503 g/mol. The Morgan fingerprint density at radius 3 is 2.59 bits per heavy atom. The molecule has 0 bridgehead atoms. The maximum atomic E-state index is 12.9. The molecule has 1 aliphatic heterocycles. The molecule has 0 amide bonds. The van der Waals surface area contributed by atoms with E-state index in [0.717, 1.165) is 30.8 Å². The fraction of sp³-hybridized carbons (Fsp3) is 0.348. The number of pyridine rings is 1. The van der Waals surface area contributed by atoms with Gasteiger partial charge in [-0.25, -0.2) is 13.4 Å². The summed E-state index contributed by atoms with van der Waals surface area (Å²) in [5, 5.41) is 5.64. The van der Waals surface area contributed by atoms with Crippen molar-refractivity contribution in [2.45, 2.75) is 37.0 Å². The SMILES string of the molecule is CC(C)S(=O)(=O)c1ccccc1Nc1nc(Nc2cc3c(n(C)c2=O)CCN(C)C3)ncc1Cl. The number of anilines is 4. The number of aromatic nitrogens is 3. The molecule has 0 fully saturated rings. The minimum atomic E-state index is -3.54. The molecular formula is C23H27ClN6O3S. The monoisotopic (exact) mass is 502 g/mol. The first-order valence-electron chi connectivity index (χ1n) is 10.9. The van der Waals surface area contributed by atoms with Crippen LogP contribution in [-0.4, -0.2) is 46.7 Å². The summed E-state index contributed by atoms with van der Waals surface area (Å²) < 4.78 is 27.2. The molecule has 2 aromatic heterocycles. The third kappa shape index (κ3) is 4.66. The Balaban J connectivity index is 1.68. The summed E-state index contributed by atoms with van der Waals surface area (Å²) in [5.41, 5.74) is 2.63. The van der Waals surface area contributed by atoms with Gasteiger partial charge in [0.05, 0.1) is 22.0 Å². The molecule has 1 aromatic carbocycles. The lowest BCUT2D eigenvalue weighted by Gasteiger charge is -2.27. The summed E-state index contributed by atoms with van der Waals surface area (Å²) in [7, 11) is 0.268. The van der Waals surface area contributed by atoms with E-state index in [1.165, 1.54) is 6.20 Å². The quantitative estimate of drug-likeness (QED) is 0.527. The van der Waals surface area contributed by atoms with E-state index in [9.17, 15) is 13.2 Å². The van der Waals surface area contributed by atoms with Crippen molar-refractivity contribution in [2.75, 3.05) is 24.2 Å². The molecule has 4 rings (SSSR count). The number of benzene rings is 1. The van der Waals surface area contributed by atoms with Crippen LogP contribution in [0.1, 0.15) is 25.1 Å². The lowest BCUT2D eigenvalue weighted by Crippen LogP contribution is -2.33. The summed E-state index contributed by atoms with van der Waals surface area (Å²) in [6.45, 7) is 4.90. The molecule has 0 spiro atoms. The normalized spacial score (nSPS) is 14.2. The molecule has 3 aromatic rings. The van der Waals surface area contributed by atoms with Crippen LogP contribution in [0.5, 0.6) is 0 Å². The zero-order chi connectivity index (χ0) is 24.6. The summed E-state index contributed by atoms with van der Waals surface area (Å²) in [5.74, 6) is 0.386. The minimum Gasteiger partial charge on any atom is -0.338 e. The van der Waals surface area contributed by atoms with Crippen molar-refractivity contribution in [3.63, 3.8) is 0 Å². The summed E-state index contributed by atoms with van der Waals surface area (Å²) in [6.07, 6.45) is 2.21. The Morgan fingerprint density at radius 2 is 1.85 bits per heavy atom. The van der Waals surface area contributed by atoms with Crippen LogP contribution in [0.4, 0.5) is 23.1 Å². The molecule has 11 heteroatoms. The van der Waals surface area contributed by atoms with Crippen molar-refractivity contribution >= 4 is 44.6 Å². The van der Waals surface area contributed by atoms with Crippen molar-refractivity contribution in [1.29, 1.82) is 0 Å². The largest absolute Gasteiger partial charge is 0.338 e. The van der Waals surface area contributed by atoms with Crippen molar-refractivity contribution < 1.29 is 8.42 Å². The van der Waals surface area contributed by atoms with Crippen molar-refractivity contribution in [1.82, 2.24) is 19.4 Å². The van der Waals surface area contributed by atoms with Gasteiger partial charge in [0.1, 0.15) is 10.7 Å². The van der Waals surface area contributed by atoms with Crippen LogP contribution in [0.2, 0.25) is 5.02 Å². The molecule has 0 aliphatic carbocycles. The molecule has 2 N–H and O–H groups in total. The fourth-order valence-electron chi connectivity index (χ4n) is 3.89. The number of nitrogens with zero attached hydrogens (tertiary/aromatic N) is 4. The zero-order valence-corrected chi connectivity index (χ0v) is 21.0. The number of para-hydroxylation sites is 1. The first-order chi connectivity index (χ1) is 16.1. The standard InChI is InChI=1S/C23H27ClN6O3S/c1-14(2)34(32,33)20-8-6-5-7-17(20)26-21-16(24)12-25-23(28-21)27-18-11-15-13-29(3)10-9-19(15)30(4)22(18)31/h5-8,11-12,14H,9-10,13H2,1-4H3,(H2,25,26,27,28). The third-order valence-corrected chi connectivity index (χ3v) is 8.34. The van der Waals surface area contributed by atoms with Gasteiger partial charge in [0.2, 0.25) is 5.95 Å². The summed E-state index contributed by atoms with van der Waals surface area (Å²) in [6, 6.07) is 8.42. The molecule has 0 saturated carbocycles. The lowest BCUT2D eigenvalue weighted by molar-refractivity contribution is 0.306. The van der Waals surface area contributed by atoms with Gasteiger partial charge in [0, 0.05) is 32.3 Å². The van der Waals surface area contributed by atoms with E-state index < -0.39 is 15.1 Å². The molecule has 0 radical (unpaired) electrons. The van der Waals surface area contributed by atoms with Crippen LogP contribution in [0.25, 0.3) is 0 Å². The first-order valence-corrected chi connectivity index (χ1v) is 12.8. The van der Waals surface area contributed by atoms with Crippen LogP contribution < -0.4 is 16.2 Å². The predicted octanol–water partition coefficient (Wildman–Crippen LogP) is 3.49. The van der Waals surface area contributed by atoms with Gasteiger partial charge >= 0.3 is 0 Å². The van der Waals surface area contributed by atoms with Crippen LogP contribution in [0.3, 0.4) is 0 Å². The topological polar surface area (TPSA) is 109 Å². The molecule has 1 aliphatic rings. The van der Waals surface area contributed by atoms with Crippen molar-refractivity contribution in [2.24, 2.45) is 7.05 Å². The van der Waals surface area contributed by atoms with Gasteiger partial charge in [-0.05, 0) is 44.7 Å². The van der Waals surface area contributed by atoms with Gasteiger partial charge in [0.25, 0.3) is 5.56 Å². The molecule has 0 atom stereocenters. The Labute approximate surface area is 203 Å². The number of hydrogen-bond donors (Lipinski definition) is 2. The molecule has 9 nitrogen and oxygen atoms in total. The number of fused-ring (bicyclic) bond motifs is 1. The van der Waals surface area contributed by atoms with E-state index >= 15 is 0 Å². The fourth-order valence-corrected chi connectivity index (χ4v) is 5.23. The Kier molecular flexibility index (Phi) is 6.66. The van der Waals surface area contributed by atoms with Crippen LogP contribution in [-0.2, 0) is 29.9 Å². The summed E-state index contributed by atoms with van der Waals surface area (Å²) in [4.78, 5) is 23.9. The highest BCUT2D eigenvalue weighted by Gasteiger charge is 2.23. The molecule has 180 valence electrons. The van der Waals surface area contributed by atoms with Crippen molar-refractivity contribution in [3.8, 4) is 0 Å². The lowest BCUT2D eigenvalue weighted by atomic mass is 10.1. The van der Waals surface area contributed by atoms with Crippen LogP contribution >= 0.6 is 11.6 Å². The van der Waals surface area contributed by atoms with Gasteiger partial charge in [0.15, 0.2) is 15.7 Å². The van der Waals surface area contributed by atoms with E-state index in [2.05, 4.69) is 25.5 Å². The van der Waals surface area contributed by atoms with E-state index in [4.69, 9.17) is 11.6 Å². The van der Waals surface area contributed by atoms with Crippen LogP contribution in [0.15, 0.2) is 46.2 Å². The van der Waals surface area contributed by atoms with Gasteiger partial charge in [-0.2, -0.15) is 4.98 Å². The Bertz CT molecular complexity index is 1400. The maximum Gasteiger partial charge on any atom is 0.274 e. The number of rotatable bonds is 6. The molecular weight excluding hydrogens is 476 g/mol. The second kappa shape index (κ2) is 9.36. The van der Waals surface area contributed by atoms with E-state index in [0.29, 0.717) is 11.4 Å². The summed E-state index contributed by atoms with van der Waals surface area (Å²) >= 11 is 6.31. The molecule has 3 heterocycles. The predicted molar refractivity (Wildman–Crippen MR) is 134 cm³/mol. The smallest absolute Gasteiger partial charge is 0.274 e. The van der Waals surface area contributed by atoms with Crippen LogP contribution in [0, 0.1) is 0 Å². The Morgan fingerprint density at radius 1 is 1.12 bits per heavy atom. The van der Waals surface area contributed by atoms with E-state index in [-0.39, 0.29) is 27.2 Å². The first kappa shape index (κ1) is 24.2. The number of sulfone groups is 1. The number of hydrogen-bond acceptors (Lipinski definition) is 8. The Hall–Kier alpha value is -2.95. The molecule has 0 unspecified atom stereocenters. The average Bonchev–Trinajstić information content (AvgIpc) is 2.79. The van der Waals surface area contributed by atoms with E-state index in [1.807, 2.05) is 13.1 Å². The second-order valence-electron chi connectivity index (χ2n) is 8.61. The van der Waals surface area contributed by atoms with Gasteiger partial charge in [-0.3, -0.25) is 4.79 Å². The van der Waals surface area contributed by atoms with Gasteiger partial charge < -0.3 is 20.1 Å². The third-order valence-electron chi connectivity index (χ3n) is 5.86. The number of nitrogens with one attached hydrogen (secondary N) is 2. The highest BCUT2D eigenvalue weighted by atomic mass is 35.5. The molecule has 34 heavy (non-hydrogen) atoms. The van der Waals surface area contributed by atoms with E-state index in [1.54, 1.807) is 49.7 Å². The molecule has 0 saturated heterocycles. The highest BCUT2D eigenvalue weighted by molar-refractivity contribution is 7.92.